The maximum atomic E-state index is 13.8. The minimum absolute atomic E-state index is 0.0314. The average Bonchev–Trinajstić information content (AvgIpc) is 3.60. The number of nitrogens with zero attached hydrogens (tertiary/aromatic N) is 1. The molecule has 30 heavy (non-hydrogen) atoms. The highest BCUT2D eigenvalue weighted by Gasteiger charge is 2.29. The second-order valence-electron chi connectivity index (χ2n) is 7.86. The van der Waals surface area contributed by atoms with Crippen LogP contribution in [0.5, 0.6) is 0 Å². The number of anilines is 1. The Hall–Kier alpha value is -3.22. The summed E-state index contributed by atoms with van der Waals surface area (Å²) in [4.78, 5) is 38.4. The molecule has 3 amide bonds. The van der Waals surface area contributed by atoms with Gasteiger partial charge in [-0.3, -0.25) is 14.4 Å². The second-order valence-corrected chi connectivity index (χ2v) is 7.86. The van der Waals surface area contributed by atoms with Gasteiger partial charge in [-0.15, -0.1) is 0 Å². The lowest BCUT2D eigenvalue weighted by molar-refractivity contribution is -0.117. The van der Waals surface area contributed by atoms with Crippen molar-refractivity contribution < 1.29 is 18.8 Å². The first-order chi connectivity index (χ1) is 14.5. The van der Waals surface area contributed by atoms with Crippen LogP contribution in [0.3, 0.4) is 0 Å². The van der Waals surface area contributed by atoms with Crippen molar-refractivity contribution in [3.63, 3.8) is 0 Å². The molecule has 0 bridgehead atoms. The number of amides is 3. The van der Waals surface area contributed by atoms with Crippen LogP contribution in [0.25, 0.3) is 0 Å². The van der Waals surface area contributed by atoms with Gasteiger partial charge in [0.15, 0.2) is 0 Å². The number of nitrogens with one attached hydrogen (secondary N) is 2. The SMILES string of the molecule is O=C(NC1CCN(C(=O)c2ccccc2F)CC1)c1ccc(NC(=O)C2CC2)cc1. The molecule has 7 heteroatoms. The molecule has 0 aromatic heterocycles. The van der Waals surface area contributed by atoms with Crippen molar-refractivity contribution in [2.75, 3.05) is 18.4 Å². The number of benzene rings is 2. The van der Waals surface area contributed by atoms with Crippen molar-refractivity contribution in [3.05, 3.63) is 65.5 Å². The van der Waals surface area contributed by atoms with Gasteiger partial charge in [0.05, 0.1) is 5.56 Å². The third-order valence-corrected chi connectivity index (χ3v) is 5.58. The molecular formula is C23H24FN3O3. The van der Waals surface area contributed by atoms with Crippen LogP contribution >= 0.6 is 0 Å². The second kappa shape index (κ2) is 8.65. The Balaban J connectivity index is 1.27. The van der Waals surface area contributed by atoms with Gasteiger partial charge in [-0.05, 0) is 62.1 Å². The van der Waals surface area contributed by atoms with Gasteiger partial charge in [0.1, 0.15) is 5.82 Å². The van der Waals surface area contributed by atoms with E-state index < -0.39 is 5.82 Å². The number of rotatable bonds is 5. The first-order valence-electron chi connectivity index (χ1n) is 10.3. The van der Waals surface area contributed by atoms with E-state index >= 15 is 0 Å². The fourth-order valence-electron chi connectivity index (χ4n) is 3.60. The van der Waals surface area contributed by atoms with Gasteiger partial charge in [-0.1, -0.05) is 12.1 Å². The Labute approximate surface area is 174 Å². The van der Waals surface area contributed by atoms with Crippen molar-refractivity contribution >= 4 is 23.4 Å². The summed E-state index contributed by atoms with van der Waals surface area (Å²) in [7, 11) is 0. The number of carbonyl (C=O) groups is 3. The topological polar surface area (TPSA) is 78.5 Å². The highest BCUT2D eigenvalue weighted by molar-refractivity contribution is 5.97. The van der Waals surface area contributed by atoms with Crippen molar-refractivity contribution in [1.29, 1.82) is 0 Å². The van der Waals surface area contributed by atoms with E-state index in [0.29, 0.717) is 37.2 Å². The molecule has 6 nitrogen and oxygen atoms in total. The Bertz CT molecular complexity index is 948. The largest absolute Gasteiger partial charge is 0.349 e. The zero-order valence-electron chi connectivity index (χ0n) is 16.6. The van der Waals surface area contributed by atoms with Crippen LogP contribution in [-0.2, 0) is 4.79 Å². The Kier molecular flexibility index (Phi) is 5.79. The molecule has 1 aliphatic carbocycles. The monoisotopic (exact) mass is 409 g/mol. The van der Waals surface area contributed by atoms with Crippen LogP contribution in [0.4, 0.5) is 10.1 Å². The van der Waals surface area contributed by atoms with Crippen LogP contribution in [0.1, 0.15) is 46.4 Å². The lowest BCUT2D eigenvalue weighted by atomic mass is 10.0. The molecule has 1 saturated carbocycles. The first kappa shape index (κ1) is 20.1. The average molecular weight is 409 g/mol. The van der Waals surface area contributed by atoms with E-state index in [1.165, 1.54) is 12.1 Å². The molecule has 2 fully saturated rings. The van der Waals surface area contributed by atoms with Crippen molar-refractivity contribution in [2.24, 2.45) is 5.92 Å². The number of hydrogen-bond donors (Lipinski definition) is 2. The molecule has 2 aromatic carbocycles. The smallest absolute Gasteiger partial charge is 0.256 e. The summed E-state index contributed by atoms with van der Waals surface area (Å²) in [5.74, 6) is -0.863. The van der Waals surface area contributed by atoms with Crippen LogP contribution < -0.4 is 10.6 Å². The fraction of sp³-hybridized carbons (Fsp3) is 0.348. The fourth-order valence-corrected chi connectivity index (χ4v) is 3.60. The molecule has 0 radical (unpaired) electrons. The van der Waals surface area contributed by atoms with Crippen molar-refractivity contribution in [1.82, 2.24) is 10.2 Å². The van der Waals surface area contributed by atoms with E-state index in [0.717, 1.165) is 12.8 Å². The molecule has 2 aliphatic rings. The van der Waals surface area contributed by atoms with Gasteiger partial charge in [-0.25, -0.2) is 4.39 Å². The van der Waals surface area contributed by atoms with Crippen molar-refractivity contribution in [3.8, 4) is 0 Å². The summed E-state index contributed by atoms with van der Waals surface area (Å²) in [5, 5.41) is 5.85. The molecule has 1 saturated heterocycles. The molecule has 2 N–H and O–H groups in total. The number of halogens is 1. The van der Waals surface area contributed by atoms with Gasteiger partial charge in [0.2, 0.25) is 5.91 Å². The van der Waals surface area contributed by atoms with Crippen LogP contribution in [0.2, 0.25) is 0 Å². The predicted molar refractivity (Wildman–Crippen MR) is 111 cm³/mol. The molecule has 156 valence electrons. The first-order valence-corrected chi connectivity index (χ1v) is 10.3. The quantitative estimate of drug-likeness (QED) is 0.796. The summed E-state index contributed by atoms with van der Waals surface area (Å²) in [6.07, 6.45) is 3.11. The summed E-state index contributed by atoms with van der Waals surface area (Å²) >= 11 is 0. The van der Waals surface area contributed by atoms with E-state index in [-0.39, 0.29) is 35.2 Å². The van der Waals surface area contributed by atoms with Crippen molar-refractivity contribution in [2.45, 2.75) is 31.7 Å². The number of likely N-dealkylation sites (tertiary alicyclic amines) is 1. The maximum Gasteiger partial charge on any atom is 0.256 e. The Morgan fingerprint density at radius 3 is 2.20 bits per heavy atom. The van der Waals surface area contributed by atoms with Gasteiger partial charge in [0, 0.05) is 36.3 Å². The standard InChI is InChI=1S/C23H24FN3O3/c24-20-4-2-1-3-19(20)23(30)27-13-11-18(12-14-27)26-22(29)16-7-9-17(10-8-16)25-21(28)15-5-6-15/h1-4,7-10,15,18H,5-6,11-14H2,(H,25,28)(H,26,29). The zero-order chi connectivity index (χ0) is 21.1. The Morgan fingerprint density at radius 2 is 1.57 bits per heavy atom. The van der Waals surface area contributed by atoms with Crippen LogP contribution in [-0.4, -0.2) is 41.8 Å². The molecule has 0 unspecified atom stereocenters. The molecule has 2 aromatic rings. The number of piperidine rings is 1. The van der Waals surface area contributed by atoms with E-state index in [4.69, 9.17) is 0 Å². The zero-order valence-corrected chi connectivity index (χ0v) is 16.6. The molecular weight excluding hydrogens is 385 g/mol. The summed E-state index contributed by atoms with van der Waals surface area (Å²) in [6.45, 7) is 0.925. The maximum absolute atomic E-state index is 13.8. The highest BCUT2D eigenvalue weighted by Crippen LogP contribution is 2.30. The summed E-state index contributed by atoms with van der Waals surface area (Å²) in [6, 6.07) is 12.8. The van der Waals surface area contributed by atoms with Crippen LogP contribution in [0, 0.1) is 11.7 Å². The third kappa shape index (κ3) is 4.67. The lowest BCUT2D eigenvalue weighted by Crippen LogP contribution is -2.46. The van der Waals surface area contributed by atoms with Gasteiger partial charge in [0.25, 0.3) is 11.8 Å². The van der Waals surface area contributed by atoms with E-state index in [2.05, 4.69) is 10.6 Å². The van der Waals surface area contributed by atoms with Gasteiger partial charge in [-0.2, -0.15) is 0 Å². The van der Waals surface area contributed by atoms with E-state index in [9.17, 15) is 18.8 Å². The number of hydrogen-bond acceptors (Lipinski definition) is 3. The minimum atomic E-state index is -0.519. The third-order valence-electron chi connectivity index (χ3n) is 5.58. The van der Waals surface area contributed by atoms with Crippen LogP contribution in [0.15, 0.2) is 48.5 Å². The van der Waals surface area contributed by atoms with Gasteiger partial charge < -0.3 is 15.5 Å². The minimum Gasteiger partial charge on any atom is -0.349 e. The number of carbonyl (C=O) groups excluding carboxylic acids is 3. The molecule has 1 aliphatic heterocycles. The predicted octanol–water partition coefficient (Wildman–Crippen LogP) is 3.21. The highest BCUT2D eigenvalue weighted by atomic mass is 19.1. The molecule has 1 heterocycles. The van der Waals surface area contributed by atoms with E-state index in [1.54, 1.807) is 41.3 Å². The van der Waals surface area contributed by atoms with E-state index in [1.807, 2.05) is 0 Å². The normalized spacial score (nSPS) is 16.8. The van der Waals surface area contributed by atoms with Gasteiger partial charge >= 0.3 is 0 Å². The summed E-state index contributed by atoms with van der Waals surface area (Å²) < 4.78 is 13.8. The summed E-state index contributed by atoms with van der Waals surface area (Å²) in [5.41, 5.74) is 1.28. The molecule has 0 atom stereocenters. The Morgan fingerprint density at radius 1 is 0.900 bits per heavy atom. The lowest BCUT2D eigenvalue weighted by Gasteiger charge is -2.32. The molecule has 0 spiro atoms. The molecule has 4 rings (SSSR count).